The summed E-state index contributed by atoms with van der Waals surface area (Å²) in [5.74, 6) is -0.524. The second-order valence-electron chi connectivity index (χ2n) is 4.24. The van der Waals surface area contributed by atoms with Crippen LogP contribution < -0.4 is 4.72 Å². The zero-order valence-electron chi connectivity index (χ0n) is 10.3. The van der Waals surface area contributed by atoms with E-state index in [9.17, 15) is 12.8 Å². The molecule has 6 heteroatoms. The Kier molecular flexibility index (Phi) is 4.34. The molecular formula is C13H14FNO2S2. The summed E-state index contributed by atoms with van der Waals surface area (Å²) in [7, 11) is -3.44. The summed E-state index contributed by atoms with van der Waals surface area (Å²) in [6.45, 7) is 1.80. The van der Waals surface area contributed by atoms with E-state index in [4.69, 9.17) is 0 Å². The number of hydrogen-bond acceptors (Lipinski definition) is 3. The van der Waals surface area contributed by atoms with Gasteiger partial charge in [-0.3, -0.25) is 0 Å². The van der Waals surface area contributed by atoms with Gasteiger partial charge in [-0.15, -0.1) is 11.3 Å². The molecule has 0 aliphatic rings. The fraction of sp³-hybridized carbons (Fsp3) is 0.231. The molecule has 0 spiro atoms. The van der Waals surface area contributed by atoms with E-state index < -0.39 is 10.0 Å². The van der Waals surface area contributed by atoms with Gasteiger partial charge in [0.05, 0.1) is 11.8 Å². The van der Waals surface area contributed by atoms with E-state index in [1.54, 1.807) is 6.92 Å². The molecule has 2 aromatic rings. The highest BCUT2D eigenvalue weighted by Crippen LogP contribution is 2.19. The molecule has 0 saturated heterocycles. The molecule has 19 heavy (non-hydrogen) atoms. The van der Waals surface area contributed by atoms with Gasteiger partial charge in [-0.05, 0) is 36.1 Å². The first-order valence-electron chi connectivity index (χ1n) is 5.74. The Morgan fingerprint density at radius 3 is 2.53 bits per heavy atom. The van der Waals surface area contributed by atoms with Gasteiger partial charge >= 0.3 is 0 Å². The summed E-state index contributed by atoms with van der Waals surface area (Å²) < 4.78 is 39.3. The molecule has 0 aliphatic carbocycles. The van der Waals surface area contributed by atoms with Crippen molar-refractivity contribution in [3.05, 3.63) is 58.0 Å². The van der Waals surface area contributed by atoms with Crippen molar-refractivity contribution in [1.29, 1.82) is 0 Å². The van der Waals surface area contributed by atoms with Crippen LogP contribution in [0.1, 0.15) is 23.4 Å². The van der Waals surface area contributed by atoms with Crippen molar-refractivity contribution in [1.82, 2.24) is 4.72 Å². The Balaban J connectivity index is 2.04. The van der Waals surface area contributed by atoms with Crippen molar-refractivity contribution >= 4 is 21.4 Å². The zero-order valence-corrected chi connectivity index (χ0v) is 12.0. The summed E-state index contributed by atoms with van der Waals surface area (Å²) in [6, 6.07) is 8.97. The highest BCUT2D eigenvalue weighted by atomic mass is 32.2. The molecule has 0 radical (unpaired) electrons. The Bertz CT molecular complexity index is 621. The third-order valence-corrected chi connectivity index (χ3v) is 5.08. The average Bonchev–Trinajstić information content (AvgIpc) is 2.85. The Labute approximate surface area is 116 Å². The number of rotatable bonds is 5. The van der Waals surface area contributed by atoms with Crippen LogP contribution in [0.5, 0.6) is 0 Å². The van der Waals surface area contributed by atoms with E-state index in [1.807, 2.05) is 17.5 Å². The minimum absolute atomic E-state index is 0.150. The molecule has 0 aliphatic heterocycles. The van der Waals surface area contributed by atoms with Gasteiger partial charge in [0.15, 0.2) is 0 Å². The highest BCUT2D eigenvalue weighted by molar-refractivity contribution is 7.88. The van der Waals surface area contributed by atoms with Crippen LogP contribution in [0, 0.1) is 5.82 Å². The molecule has 0 amide bonds. The normalized spacial score (nSPS) is 13.4. The molecule has 1 aromatic carbocycles. The van der Waals surface area contributed by atoms with Gasteiger partial charge in [-0.25, -0.2) is 17.5 Å². The first-order valence-corrected chi connectivity index (χ1v) is 8.27. The minimum Gasteiger partial charge on any atom is -0.212 e. The van der Waals surface area contributed by atoms with E-state index in [2.05, 4.69) is 4.72 Å². The Morgan fingerprint density at radius 2 is 1.95 bits per heavy atom. The van der Waals surface area contributed by atoms with Crippen LogP contribution in [0.4, 0.5) is 4.39 Å². The second-order valence-corrected chi connectivity index (χ2v) is 6.97. The van der Waals surface area contributed by atoms with E-state index in [1.165, 1.54) is 35.6 Å². The van der Waals surface area contributed by atoms with Crippen LogP contribution in [0.3, 0.4) is 0 Å². The number of hydrogen-bond donors (Lipinski definition) is 1. The molecule has 1 heterocycles. The largest absolute Gasteiger partial charge is 0.216 e. The van der Waals surface area contributed by atoms with Crippen LogP contribution >= 0.6 is 11.3 Å². The van der Waals surface area contributed by atoms with Crippen molar-refractivity contribution < 1.29 is 12.8 Å². The van der Waals surface area contributed by atoms with Crippen LogP contribution in [-0.2, 0) is 15.8 Å². The fourth-order valence-electron chi connectivity index (χ4n) is 1.71. The minimum atomic E-state index is -3.44. The topological polar surface area (TPSA) is 46.2 Å². The Hall–Kier alpha value is -1.24. The fourth-order valence-corrected chi connectivity index (χ4v) is 3.90. The maximum atomic E-state index is 12.8. The van der Waals surface area contributed by atoms with Crippen LogP contribution in [0.2, 0.25) is 0 Å². The van der Waals surface area contributed by atoms with Crippen molar-refractivity contribution in [2.24, 2.45) is 0 Å². The quantitative estimate of drug-likeness (QED) is 0.922. The highest BCUT2D eigenvalue weighted by Gasteiger charge is 2.17. The monoisotopic (exact) mass is 299 g/mol. The number of thiophene rings is 1. The number of nitrogens with one attached hydrogen (secondary N) is 1. The second kappa shape index (κ2) is 5.81. The van der Waals surface area contributed by atoms with Gasteiger partial charge in [-0.1, -0.05) is 18.2 Å². The van der Waals surface area contributed by atoms with E-state index in [-0.39, 0.29) is 17.6 Å². The van der Waals surface area contributed by atoms with Crippen LogP contribution in [0.15, 0.2) is 41.8 Å². The first-order chi connectivity index (χ1) is 8.96. The summed E-state index contributed by atoms with van der Waals surface area (Å²) in [5, 5.41) is 1.90. The van der Waals surface area contributed by atoms with Crippen molar-refractivity contribution in [2.45, 2.75) is 18.7 Å². The summed E-state index contributed by atoms with van der Waals surface area (Å²) in [6.07, 6.45) is 0. The third-order valence-electron chi connectivity index (χ3n) is 2.60. The molecule has 0 saturated carbocycles. The molecule has 102 valence electrons. The van der Waals surface area contributed by atoms with E-state index in [0.29, 0.717) is 5.56 Å². The zero-order chi connectivity index (χ0) is 13.9. The predicted octanol–water partition coefficient (Wildman–Crippen LogP) is 3.07. The van der Waals surface area contributed by atoms with E-state index >= 15 is 0 Å². The number of benzene rings is 1. The SMILES string of the molecule is C[C@H](NS(=O)(=O)Cc1ccc(F)cc1)c1cccs1. The molecular weight excluding hydrogens is 285 g/mol. The van der Waals surface area contributed by atoms with Crippen molar-refractivity contribution in [3.63, 3.8) is 0 Å². The lowest BCUT2D eigenvalue weighted by atomic mass is 10.2. The molecule has 0 fully saturated rings. The van der Waals surface area contributed by atoms with E-state index in [0.717, 1.165) is 4.88 Å². The summed E-state index contributed by atoms with van der Waals surface area (Å²) >= 11 is 1.50. The van der Waals surface area contributed by atoms with Gasteiger partial charge < -0.3 is 0 Å². The van der Waals surface area contributed by atoms with Crippen LogP contribution in [-0.4, -0.2) is 8.42 Å². The van der Waals surface area contributed by atoms with Gasteiger partial charge in [0, 0.05) is 4.88 Å². The summed E-state index contributed by atoms with van der Waals surface area (Å²) in [5.41, 5.74) is 0.562. The standard InChI is InChI=1S/C13H14FNO2S2/c1-10(13-3-2-8-18-13)15-19(16,17)9-11-4-6-12(14)7-5-11/h2-8,10,15H,9H2,1H3/t10-/m0/s1. The third kappa shape index (κ3) is 4.12. The lowest BCUT2D eigenvalue weighted by molar-refractivity contribution is 0.567. The van der Waals surface area contributed by atoms with Gasteiger partial charge in [0.1, 0.15) is 5.82 Å². The maximum absolute atomic E-state index is 12.8. The first kappa shape index (κ1) is 14.2. The predicted molar refractivity (Wildman–Crippen MR) is 74.9 cm³/mol. The molecule has 0 bridgehead atoms. The lowest BCUT2D eigenvalue weighted by Crippen LogP contribution is -2.27. The lowest BCUT2D eigenvalue weighted by Gasteiger charge is -2.12. The summed E-state index contributed by atoms with van der Waals surface area (Å²) in [4.78, 5) is 0.961. The van der Waals surface area contributed by atoms with Crippen LogP contribution in [0.25, 0.3) is 0 Å². The smallest absolute Gasteiger partial charge is 0.212 e. The van der Waals surface area contributed by atoms with Gasteiger partial charge in [0.2, 0.25) is 10.0 Å². The average molecular weight is 299 g/mol. The molecule has 3 nitrogen and oxygen atoms in total. The molecule has 0 unspecified atom stereocenters. The maximum Gasteiger partial charge on any atom is 0.216 e. The van der Waals surface area contributed by atoms with Gasteiger partial charge in [-0.2, -0.15) is 0 Å². The molecule has 1 atom stereocenters. The molecule has 1 N–H and O–H groups in total. The van der Waals surface area contributed by atoms with Gasteiger partial charge in [0.25, 0.3) is 0 Å². The van der Waals surface area contributed by atoms with Crippen molar-refractivity contribution in [2.75, 3.05) is 0 Å². The van der Waals surface area contributed by atoms with Crippen molar-refractivity contribution in [3.8, 4) is 0 Å². The number of halogens is 1. The Morgan fingerprint density at radius 1 is 1.26 bits per heavy atom. The molecule has 1 aromatic heterocycles. The molecule has 2 rings (SSSR count). The number of sulfonamides is 1.